The number of esters is 1. The lowest BCUT2D eigenvalue weighted by atomic mass is 9.62. The van der Waals surface area contributed by atoms with E-state index in [0.29, 0.717) is 17.8 Å². The van der Waals surface area contributed by atoms with Crippen molar-refractivity contribution in [1.29, 1.82) is 0 Å². The third kappa shape index (κ3) is 0.976. The quantitative estimate of drug-likeness (QED) is 0.537. The second-order valence-corrected chi connectivity index (χ2v) is 5.12. The second kappa shape index (κ2) is 2.49. The summed E-state index contributed by atoms with van der Waals surface area (Å²) in [7, 11) is 0. The topological polar surface area (TPSA) is 26.3 Å². The zero-order valence-electron chi connectivity index (χ0n) is 8.83. The Morgan fingerprint density at radius 3 is 2.62 bits per heavy atom. The van der Waals surface area contributed by atoms with Crippen molar-refractivity contribution in [3.63, 3.8) is 0 Å². The molecule has 0 spiro atoms. The number of fused-ring (bicyclic) bond motifs is 2. The summed E-state index contributed by atoms with van der Waals surface area (Å²) in [5.74, 6) is 1.56. The summed E-state index contributed by atoms with van der Waals surface area (Å²) in [6.07, 6.45) is 1.16. The molecule has 1 saturated carbocycles. The summed E-state index contributed by atoms with van der Waals surface area (Å²) < 4.78 is 5.44. The summed E-state index contributed by atoms with van der Waals surface area (Å²) in [4.78, 5) is 11.7. The van der Waals surface area contributed by atoms with Crippen LogP contribution < -0.4 is 0 Å². The molecule has 0 aromatic carbocycles. The van der Waals surface area contributed by atoms with E-state index in [1.807, 2.05) is 0 Å². The van der Waals surface area contributed by atoms with Gasteiger partial charge in [-0.25, -0.2) is 0 Å². The second-order valence-electron chi connectivity index (χ2n) is 5.12. The van der Waals surface area contributed by atoms with Crippen molar-refractivity contribution in [3.05, 3.63) is 0 Å². The highest BCUT2D eigenvalue weighted by molar-refractivity contribution is 5.79. The van der Waals surface area contributed by atoms with Gasteiger partial charge < -0.3 is 4.74 Å². The Kier molecular flexibility index (Phi) is 1.73. The molecule has 0 N–H and O–H groups in total. The first-order chi connectivity index (χ1) is 5.97. The summed E-state index contributed by atoms with van der Waals surface area (Å²) >= 11 is 0. The average molecular weight is 182 g/mol. The molecule has 5 atom stereocenters. The largest absolute Gasteiger partial charge is 0.461 e. The Bertz CT molecular complexity index is 248. The summed E-state index contributed by atoms with van der Waals surface area (Å²) in [6.45, 7) is 8.63. The monoisotopic (exact) mass is 182 g/mol. The molecule has 13 heavy (non-hydrogen) atoms. The molecule has 1 aliphatic heterocycles. The van der Waals surface area contributed by atoms with Crippen molar-refractivity contribution in [2.24, 2.45) is 23.2 Å². The highest BCUT2D eigenvalue weighted by Gasteiger charge is 2.58. The van der Waals surface area contributed by atoms with Gasteiger partial charge in [0.25, 0.3) is 0 Å². The lowest BCUT2D eigenvalue weighted by Crippen LogP contribution is -2.41. The van der Waals surface area contributed by atoms with Crippen LogP contribution in [0.4, 0.5) is 0 Å². The highest BCUT2D eigenvalue weighted by Crippen LogP contribution is 2.52. The van der Waals surface area contributed by atoms with Gasteiger partial charge in [0.2, 0.25) is 0 Å². The van der Waals surface area contributed by atoms with Crippen LogP contribution in [-0.4, -0.2) is 12.1 Å². The molecule has 2 aliphatic rings. The first kappa shape index (κ1) is 9.04. The summed E-state index contributed by atoms with van der Waals surface area (Å²) in [6, 6.07) is 0. The smallest absolute Gasteiger partial charge is 0.312 e. The van der Waals surface area contributed by atoms with E-state index in [2.05, 4.69) is 27.7 Å². The lowest BCUT2D eigenvalue weighted by Gasteiger charge is -2.38. The van der Waals surface area contributed by atoms with E-state index in [0.717, 1.165) is 6.42 Å². The predicted molar refractivity (Wildman–Crippen MR) is 50.1 cm³/mol. The maximum Gasteiger partial charge on any atom is 0.312 e. The average Bonchev–Trinajstić information content (AvgIpc) is 2.22. The molecule has 1 heterocycles. The molecule has 74 valence electrons. The molecule has 0 aromatic rings. The molecule has 2 bridgehead atoms. The summed E-state index contributed by atoms with van der Waals surface area (Å²) in [5.41, 5.74) is -0.198. The van der Waals surface area contributed by atoms with Crippen LogP contribution in [0.2, 0.25) is 0 Å². The van der Waals surface area contributed by atoms with E-state index >= 15 is 0 Å². The SMILES string of the molecule is CC1CC2(C)C(=O)OC(C1C)C2C. The zero-order chi connectivity index (χ0) is 9.80. The first-order valence-electron chi connectivity index (χ1n) is 5.18. The van der Waals surface area contributed by atoms with Gasteiger partial charge in [-0.3, -0.25) is 4.79 Å². The normalized spacial score (nSPS) is 54.9. The van der Waals surface area contributed by atoms with Crippen LogP contribution in [0.5, 0.6) is 0 Å². The molecular weight excluding hydrogens is 164 g/mol. The fourth-order valence-electron chi connectivity index (χ4n) is 2.92. The number of ether oxygens (including phenoxy) is 1. The van der Waals surface area contributed by atoms with Gasteiger partial charge >= 0.3 is 5.97 Å². The van der Waals surface area contributed by atoms with Gasteiger partial charge in [0.05, 0.1) is 5.41 Å². The highest BCUT2D eigenvalue weighted by atomic mass is 16.6. The minimum atomic E-state index is -0.198. The van der Waals surface area contributed by atoms with Gasteiger partial charge in [-0.05, 0) is 25.2 Å². The molecule has 0 radical (unpaired) electrons. The lowest BCUT2D eigenvalue weighted by molar-refractivity contribution is -0.147. The van der Waals surface area contributed by atoms with Crippen molar-refractivity contribution in [3.8, 4) is 0 Å². The van der Waals surface area contributed by atoms with Gasteiger partial charge in [0.1, 0.15) is 6.10 Å². The number of carbonyl (C=O) groups is 1. The Morgan fingerprint density at radius 1 is 1.38 bits per heavy atom. The Hall–Kier alpha value is -0.530. The van der Waals surface area contributed by atoms with Crippen LogP contribution in [0, 0.1) is 23.2 Å². The van der Waals surface area contributed by atoms with Crippen LogP contribution in [-0.2, 0) is 9.53 Å². The van der Waals surface area contributed by atoms with Gasteiger partial charge in [-0.15, -0.1) is 0 Å². The molecule has 2 nitrogen and oxygen atoms in total. The number of carbonyl (C=O) groups excluding carboxylic acids is 1. The van der Waals surface area contributed by atoms with Crippen molar-refractivity contribution in [2.75, 3.05) is 0 Å². The van der Waals surface area contributed by atoms with Gasteiger partial charge in [0.15, 0.2) is 0 Å². The van der Waals surface area contributed by atoms with E-state index in [4.69, 9.17) is 4.74 Å². The summed E-state index contributed by atoms with van der Waals surface area (Å²) in [5, 5.41) is 0. The molecule has 1 saturated heterocycles. The van der Waals surface area contributed by atoms with Crippen LogP contribution in [0.3, 0.4) is 0 Å². The molecule has 0 aromatic heterocycles. The van der Waals surface area contributed by atoms with Crippen LogP contribution in [0.25, 0.3) is 0 Å². The van der Waals surface area contributed by atoms with Gasteiger partial charge in [-0.1, -0.05) is 20.8 Å². The minimum Gasteiger partial charge on any atom is -0.461 e. The third-order valence-electron chi connectivity index (χ3n) is 4.37. The van der Waals surface area contributed by atoms with Crippen molar-refractivity contribution >= 4 is 5.97 Å². The molecule has 2 fully saturated rings. The van der Waals surface area contributed by atoms with E-state index in [1.165, 1.54) is 0 Å². The molecule has 2 heteroatoms. The van der Waals surface area contributed by atoms with Gasteiger partial charge in [-0.2, -0.15) is 0 Å². The van der Waals surface area contributed by atoms with E-state index in [9.17, 15) is 4.79 Å². The Labute approximate surface area is 79.7 Å². The fourth-order valence-corrected chi connectivity index (χ4v) is 2.92. The Balaban J connectivity index is 2.36. The molecule has 2 rings (SSSR count). The standard InChI is InChI=1S/C11H18O2/c1-6-5-11(4)8(3)9(7(6)2)13-10(11)12/h6-9H,5H2,1-4H3. The van der Waals surface area contributed by atoms with Crippen molar-refractivity contribution < 1.29 is 9.53 Å². The maximum absolute atomic E-state index is 11.7. The number of hydrogen-bond acceptors (Lipinski definition) is 2. The molecule has 0 amide bonds. The maximum atomic E-state index is 11.7. The fraction of sp³-hybridized carbons (Fsp3) is 0.909. The predicted octanol–water partition coefficient (Wildman–Crippen LogP) is 2.23. The molecule has 1 aliphatic carbocycles. The zero-order valence-corrected chi connectivity index (χ0v) is 8.83. The van der Waals surface area contributed by atoms with Crippen LogP contribution in [0.15, 0.2) is 0 Å². The first-order valence-corrected chi connectivity index (χ1v) is 5.18. The van der Waals surface area contributed by atoms with E-state index in [1.54, 1.807) is 0 Å². The van der Waals surface area contributed by atoms with Gasteiger partial charge in [0, 0.05) is 5.92 Å². The molecule has 5 unspecified atom stereocenters. The van der Waals surface area contributed by atoms with E-state index in [-0.39, 0.29) is 17.5 Å². The number of rotatable bonds is 0. The van der Waals surface area contributed by atoms with Crippen LogP contribution in [0.1, 0.15) is 34.1 Å². The number of hydrogen-bond donors (Lipinski definition) is 0. The molecular formula is C11H18O2. The van der Waals surface area contributed by atoms with Crippen molar-refractivity contribution in [1.82, 2.24) is 0 Å². The van der Waals surface area contributed by atoms with Crippen molar-refractivity contribution in [2.45, 2.75) is 40.2 Å². The Morgan fingerprint density at radius 2 is 2.00 bits per heavy atom. The van der Waals surface area contributed by atoms with E-state index < -0.39 is 0 Å². The van der Waals surface area contributed by atoms with Crippen LogP contribution >= 0.6 is 0 Å². The minimum absolute atomic E-state index is 0.0289. The third-order valence-corrected chi connectivity index (χ3v) is 4.37.